The number of ether oxygens (including phenoxy) is 2. The van der Waals surface area contributed by atoms with E-state index >= 15 is 0 Å². The highest BCUT2D eigenvalue weighted by molar-refractivity contribution is 5.67. The summed E-state index contributed by atoms with van der Waals surface area (Å²) in [6.07, 6.45) is -0.238. The maximum absolute atomic E-state index is 11.6. The Morgan fingerprint density at radius 2 is 1.73 bits per heavy atom. The van der Waals surface area contributed by atoms with Crippen molar-refractivity contribution in [2.45, 2.75) is 59.3 Å². The first kappa shape index (κ1) is 18.1. The predicted octanol–water partition coefficient (Wildman–Crippen LogP) is 3.80. The molecule has 5 heteroatoms. The second kappa shape index (κ2) is 7.92. The molecule has 5 nitrogen and oxygen atoms in total. The van der Waals surface area contributed by atoms with Crippen LogP contribution in [0.5, 0.6) is 5.75 Å². The Morgan fingerprint density at radius 3 is 2.23 bits per heavy atom. The molecule has 0 aromatic heterocycles. The lowest BCUT2D eigenvalue weighted by Gasteiger charge is -2.21. The highest BCUT2D eigenvalue weighted by Crippen LogP contribution is 2.17. The largest absolute Gasteiger partial charge is 0.491 e. The van der Waals surface area contributed by atoms with Gasteiger partial charge in [-0.1, -0.05) is 0 Å². The van der Waals surface area contributed by atoms with Crippen LogP contribution in [0.1, 0.15) is 41.5 Å². The number of alkyl carbamates (subject to hydrolysis) is 1. The van der Waals surface area contributed by atoms with Crippen molar-refractivity contribution in [3.8, 4) is 5.75 Å². The van der Waals surface area contributed by atoms with Crippen molar-refractivity contribution < 1.29 is 14.3 Å². The van der Waals surface area contributed by atoms with Gasteiger partial charge in [0, 0.05) is 18.3 Å². The van der Waals surface area contributed by atoms with Crippen LogP contribution in [-0.2, 0) is 4.74 Å². The van der Waals surface area contributed by atoms with E-state index in [9.17, 15) is 4.79 Å². The number of carbonyl (C=O) groups is 1. The molecule has 0 aliphatic heterocycles. The molecular weight excluding hydrogens is 280 g/mol. The number of hydrogen-bond donors (Lipinski definition) is 2. The van der Waals surface area contributed by atoms with Gasteiger partial charge in [-0.05, 0) is 65.8 Å². The summed E-state index contributed by atoms with van der Waals surface area (Å²) in [5, 5.41) is 6.06. The van der Waals surface area contributed by atoms with Gasteiger partial charge in [-0.2, -0.15) is 0 Å². The third-order valence-electron chi connectivity index (χ3n) is 2.59. The molecule has 0 bridgehead atoms. The van der Waals surface area contributed by atoms with Gasteiger partial charge in [0.1, 0.15) is 11.4 Å². The van der Waals surface area contributed by atoms with E-state index in [0.717, 1.165) is 11.4 Å². The van der Waals surface area contributed by atoms with E-state index in [0.29, 0.717) is 6.54 Å². The molecule has 0 aliphatic rings. The molecule has 0 aliphatic carbocycles. The number of nitrogens with one attached hydrogen (secondary N) is 2. The van der Waals surface area contributed by atoms with Crippen molar-refractivity contribution >= 4 is 11.8 Å². The summed E-state index contributed by atoms with van der Waals surface area (Å²) in [5.41, 5.74) is 0.502. The summed E-state index contributed by atoms with van der Waals surface area (Å²) in [5.74, 6) is 0.847. The maximum atomic E-state index is 11.6. The first-order valence-corrected chi connectivity index (χ1v) is 7.66. The highest BCUT2D eigenvalue weighted by atomic mass is 16.6. The van der Waals surface area contributed by atoms with Crippen molar-refractivity contribution in [2.75, 3.05) is 11.9 Å². The highest BCUT2D eigenvalue weighted by Gasteiger charge is 2.16. The summed E-state index contributed by atoms with van der Waals surface area (Å²) in [7, 11) is 0. The van der Waals surface area contributed by atoms with Gasteiger partial charge in [0.15, 0.2) is 0 Å². The molecule has 0 radical (unpaired) electrons. The van der Waals surface area contributed by atoms with Crippen LogP contribution >= 0.6 is 0 Å². The van der Waals surface area contributed by atoms with E-state index in [1.165, 1.54) is 0 Å². The molecule has 1 rings (SSSR count). The summed E-state index contributed by atoms with van der Waals surface area (Å²) >= 11 is 0. The summed E-state index contributed by atoms with van der Waals surface area (Å²) < 4.78 is 10.8. The van der Waals surface area contributed by atoms with Crippen molar-refractivity contribution in [2.24, 2.45) is 0 Å². The van der Waals surface area contributed by atoms with Crippen LogP contribution in [0.4, 0.5) is 10.5 Å². The SMILES string of the molecule is CC(CNC(=O)OC(C)(C)C)Nc1ccc(OC(C)C)cc1. The molecule has 1 unspecified atom stereocenters. The minimum atomic E-state index is -0.479. The molecular formula is C17H28N2O3. The average Bonchev–Trinajstić information content (AvgIpc) is 2.36. The van der Waals surface area contributed by atoms with Crippen LogP contribution in [-0.4, -0.2) is 30.4 Å². The summed E-state index contributed by atoms with van der Waals surface area (Å²) in [6, 6.07) is 7.86. The molecule has 124 valence electrons. The Kier molecular flexibility index (Phi) is 6.53. The lowest BCUT2D eigenvalue weighted by molar-refractivity contribution is 0.0526. The lowest BCUT2D eigenvalue weighted by atomic mass is 10.2. The molecule has 22 heavy (non-hydrogen) atoms. The van der Waals surface area contributed by atoms with Gasteiger partial charge < -0.3 is 20.1 Å². The maximum Gasteiger partial charge on any atom is 0.407 e. The quantitative estimate of drug-likeness (QED) is 0.839. The third-order valence-corrected chi connectivity index (χ3v) is 2.59. The van der Waals surface area contributed by atoms with Crippen molar-refractivity contribution in [1.82, 2.24) is 5.32 Å². The zero-order chi connectivity index (χ0) is 16.8. The second-order valence-corrected chi connectivity index (χ2v) is 6.62. The van der Waals surface area contributed by atoms with Crippen LogP contribution in [0, 0.1) is 0 Å². The first-order chi connectivity index (χ1) is 10.2. The van der Waals surface area contributed by atoms with E-state index in [1.54, 1.807) is 0 Å². The number of anilines is 1. The van der Waals surface area contributed by atoms with Crippen molar-refractivity contribution in [1.29, 1.82) is 0 Å². The van der Waals surface area contributed by atoms with E-state index in [1.807, 2.05) is 65.8 Å². The minimum absolute atomic E-state index is 0.0874. The molecule has 1 amide bonds. The number of rotatable bonds is 6. The predicted molar refractivity (Wildman–Crippen MR) is 89.5 cm³/mol. The fourth-order valence-electron chi connectivity index (χ4n) is 1.79. The number of amides is 1. The Morgan fingerprint density at radius 1 is 1.14 bits per heavy atom. The van der Waals surface area contributed by atoms with Crippen molar-refractivity contribution in [3.05, 3.63) is 24.3 Å². The van der Waals surface area contributed by atoms with E-state index in [-0.39, 0.29) is 12.1 Å². The molecule has 0 heterocycles. The van der Waals surface area contributed by atoms with E-state index < -0.39 is 11.7 Å². The normalized spacial score (nSPS) is 12.7. The van der Waals surface area contributed by atoms with E-state index in [2.05, 4.69) is 10.6 Å². The summed E-state index contributed by atoms with van der Waals surface area (Å²) in [6.45, 7) is 12.0. The molecule has 0 saturated heterocycles. The van der Waals surface area contributed by atoms with Crippen LogP contribution in [0.3, 0.4) is 0 Å². The Labute approximate surface area is 133 Å². The molecule has 2 N–H and O–H groups in total. The van der Waals surface area contributed by atoms with Gasteiger partial charge in [0.05, 0.1) is 6.10 Å². The zero-order valence-electron chi connectivity index (χ0n) is 14.4. The molecule has 1 aromatic rings. The lowest BCUT2D eigenvalue weighted by Crippen LogP contribution is -2.38. The standard InChI is InChI=1S/C17H28N2O3/c1-12(2)21-15-9-7-14(8-10-15)19-13(3)11-18-16(20)22-17(4,5)6/h7-10,12-13,19H,11H2,1-6H3,(H,18,20). The van der Waals surface area contributed by atoms with Crippen LogP contribution < -0.4 is 15.4 Å². The second-order valence-electron chi connectivity index (χ2n) is 6.62. The Bertz CT molecular complexity index is 464. The molecule has 0 saturated carbocycles. The van der Waals surface area contributed by atoms with Crippen molar-refractivity contribution in [3.63, 3.8) is 0 Å². The third kappa shape index (κ3) is 7.76. The minimum Gasteiger partial charge on any atom is -0.491 e. The fraction of sp³-hybridized carbons (Fsp3) is 0.588. The number of hydrogen-bond acceptors (Lipinski definition) is 4. The molecule has 0 spiro atoms. The summed E-state index contributed by atoms with van der Waals surface area (Å²) in [4.78, 5) is 11.6. The topological polar surface area (TPSA) is 59.6 Å². The first-order valence-electron chi connectivity index (χ1n) is 7.66. The Balaban J connectivity index is 2.38. The molecule has 1 atom stereocenters. The van der Waals surface area contributed by atoms with Gasteiger partial charge in [-0.25, -0.2) is 4.79 Å². The van der Waals surface area contributed by atoms with Crippen LogP contribution in [0.15, 0.2) is 24.3 Å². The van der Waals surface area contributed by atoms with Gasteiger partial charge in [-0.3, -0.25) is 0 Å². The smallest absolute Gasteiger partial charge is 0.407 e. The van der Waals surface area contributed by atoms with Gasteiger partial charge in [0.25, 0.3) is 0 Å². The number of benzene rings is 1. The zero-order valence-corrected chi connectivity index (χ0v) is 14.4. The molecule has 1 aromatic carbocycles. The van der Waals surface area contributed by atoms with Gasteiger partial charge in [-0.15, -0.1) is 0 Å². The average molecular weight is 308 g/mol. The van der Waals surface area contributed by atoms with E-state index in [4.69, 9.17) is 9.47 Å². The van der Waals surface area contributed by atoms with Crippen LogP contribution in [0.2, 0.25) is 0 Å². The fourth-order valence-corrected chi connectivity index (χ4v) is 1.79. The Hall–Kier alpha value is -1.91. The number of carbonyl (C=O) groups excluding carboxylic acids is 1. The molecule has 0 fully saturated rings. The van der Waals surface area contributed by atoms with Gasteiger partial charge in [0.2, 0.25) is 0 Å². The van der Waals surface area contributed by atoms with Gasteiger partial charge >= 0.3 is 6.09 Å². The van der Waals surface area contributed by atoms with Crippen LogP contribution in [0.25, 0.3) is 0 Å². The monoisotopic (exact) mass is 308 g/mol.